The molecule has 2 aromatic carbocycles. The van der Waals surface area contributed by atoms with Gasteiger partial charge in [-0.1, -0.05) is 12.1 Å². The summed E-state index contributed by atoms with van der Waals surface area (Å²) in [5.74, 6) is -0.116. The SMILES string of the molecule is O=C(Nc1ccc2ncsc2c1)c1cccc(CN2CCC[C@@H](O)C2)c1. The Balaban J connectivity index is 1.45. The second-order valence-corrected chi connectivity index (χ2v) is 7.61. The van der Waals surface area contributed by atoms with E-state index in [0.717, 1.165) is 47.4 Å². The summed E-state index contributed by atoms with van der Waals surface area (Å²) in [5, 5.41) is 12.8. The van der Waals surface area contributed by atoms with Gasteiger partial charge in [0.05, 0.1) is 21.8 Å². The molecule has 0 unspecified atom stereocenters. The highest BCUT2D eigenvalue weighted by atomic mass is 32.1. The van der Waals surface area contributed by atoms with Crippen molar-refractivity contribution in [3.63, 3.8) is 0 Å². The van der Waals surface area contributed by atoms with Gasteiger partial charge in [0.1, 0.15) is 0 Å². The first-order valence-corrected chi connectivity index (χ1v) is 9.69. The van der Waals surface area contributed by atoms with Gasteiger partial charge in [0, 0.05) is 24.3 Å². The predicted octanol–water partition coefficient (Wildman–Crippen LogP) is 3.51. The third-order valence-corrected chi connectivity index (χ3v) is 5.46. The summed E-state index contributed by atoms with van der Waals surface area (Å²) < 4.78 is 1.06. The van der Waals surface area contributed by atoms with Gasteiger partial charge in [-0.15, -0.1) is 11.3 Å². The lowest BCUT2D eigenvalue weighted by Crippen LogP contribution is -2.37. The Morgan fingerprint density at radius 1 is 1.31 bits per heavy atom. The van der Waals surface area contributed by atoms with Crippen molar-refractivity contribution >= 4 is 33.1 Å². The van der Waals surface area contributed by atoms with Gasteiger partial charge in [0.2, 0.25) is 0 Å². The van der Waals surface area contributed by atoms with Crippen LogP contribution in [0.3, 0.4) is 0 Å². The summed E-state index contributed by atoms with van der Waals surface area (Å²) >= 11 is 1.56. The second kappa shape index (κ2) is 7.53. The monoisotopic (exact) mass is 367 g/mol. The van der Waals surface area contributed by atoms with Crippen molar-refractivity contribution in [2.24, 2.45) is 0 Å². The third-order valence-electron chi connectivity index (χ3n) is 4.67. The number of nitrogens with one attached hydrogen (secondary N) is 1. The van der Waals surface area contributed by atoms with E-state index < -0.39 is 0 Å². The van der Waals surface area contributed by atoms with E-state index in [1.807, 2.05) is 42.5 Å². The van der Waals surface area contributed by atoms with E-state index in [4.69, 9.17) is 0 Å². The number of hydrogen-bond acceptors (Lipinski definition) is 5. The van der Waals surface area contributed by atoms with Gasteiger partial charge in [0.15, 0.2) is 0 Å². The summed E-state index contributed by atoms with van der Waals surface area (Å²) in [6.07, 6.45) is 1.65. The molecule has 1 aliphatic rings. The minimum atomic E-state index is -0.239. The minimum absolute atomic E-state index is 0.116. The summed E-state index contributed by atoms with van der Waals surface area (Å²) in [6.45, 7) is 2.44. The van der Waals surface area contributed by atoms with Gasteiger partial charge in [-0.3, -0.25) is 9.69 Å². The Labute approximate surface area is 156 Å². The molecule has 6 heteroatoms. The zero-order chi connectivity index (χ0) is 17.9. The number of carbonyl (C=O) groups is 1. The highest BCUT2D eigenvalue weighted by molar-refractivity contribution is 7.16. The highest BCUT2D eigenvalue weighted by Gasteiger charge is 2.18. The van der Waals surface area contributed by atoms with Crippen LogP contribution in [0.2, 0.25) is 0 Å². The normalized spacial score (nSPS) is 18.1. The molecule has 0 aliphatic carbocycles. The second-order valence-electron chi connectivity index (χ2n) is 6.72. The number of fused-ring (bicyclic) bond motifs is 1. The standard InChI is InChI=1S/C20H21N3O2S/c24-17-5-2-8-23(12-17)11-14-3-1-4-15(9-14)20(25)22-16-6-7-18-19(10-16)26-13-21-18/h1,3-4,6-7,9-10,13,17,24H,2,5,8,11-12H2,(H,22,25)/t17-/m1/s1. The number of aliphatic hydroxyl groups is 1. The molecule has 1 saturated heterocycles. The number of rotatable bonds is 4. The predicted molar refractivity (Wildman–Crippen MR) is 105 cm³/mol. The molecule has 1 atom stereocenters. The molecule has 0 spiro atoms. The number of benzene rings is 2. The Morgan fingerprint density at radius 2 is 2.23 bits per heavy atom. The number of likely N-dealkylation sites (tertiary alicyclic amines) is 1. The third kappa shape index (κ3) is 3.93. The Kier molecular flexibility index (Phi) is 4.97. The van der Waals surface area contributed by atoms with Crippen LogP contribution in [0.5, 0.6) is 0 Å². The summed E-state index contributed by atoms with van der Waals surface area (Å²) in [5.41, 5.74) is 5.25. The molecule has 1 aromatic heterocycles. The van der Waals surface area contributed by atoms with E-state index >= 15 is 0 Å². The molecule has 134 valence electrons. The molecule has 5 nitrogen and oxygen atoms in total. The molecule has 2 heterocycles. The van der Waals surface area contributed by atoms with E-state index in [-0.39, 0.29) is 12.0 Å². The van der Waals surface area contributed by atoms with Crippen molar-refractivity contribution < 1.29 is 9.90 Å². The molecule has 0 bridgehead atoms. The van der Waals surface area contributed by atoms with Gasteiger partial charge < -0.3 is 10.4 Å². The lowest BCUT2D eigenvalue weighted by molar-refractivity contribution is 0.0668. The molecule has 2 N–H and O–H groups in total. The molecule has 1 aliphatic heterocycles. The summed E-state index contributed by atoms with van der Waals surface area (Å²) in [4.78, 5) is 19.1. The number of carbonyl (C=O) groups excluding carboxylic acids is 1. The zero-order valence-electron chi connectivity index (χ0n) is 14.4. The number of piperidine rings is 1. The first-order chi connectivity index (χ1) is 12.7. The van der Waals surface area contributed by atoms with Gasteiger partial charge in [-0.25, -0.2) is 4.98 Å². The number of hydrogen-bond donors (Lipinski definition) is 2. The molecule has 1 amide bonds. The fraction of sp³-hybridized carbons (Fsp3) is 0.300. The number of nitrogens with zero attached hydrogens (tertiary/aromatic N) is 2. The number of thiazole rings is 1. The Bertz CT molecular complexity index is 924. The van der Waals surface area contributed by atoms with Gasteiger partial charge in [-0.05, 0) is 55.3 Å². The zero-order valence-corrected chi connectivity index (χ0v) is 15.2. The van der Waals surface area contributed by atoms with Crippen LogP contribution in [-0.4, -0.2) is 40.1 Å². The van der Waals surface area contributed by atoms with Crippen LogP contribution in [0.4, 0.5) is 5.69 Å². The van der Waals surface area contributed by atoms with Gasteiger partial charge in [0.25, 0.3) is 5.91 Å². The van der Waals surface area contributed by atoms with Crippen LogP contribution in [-0.2, 0) is 6.54 Å². The maximum absolute atomic E-state index is 12.6. The van der Waals surface area contributed by atoms with Crippen molar-refractivity contribution in [1.82, 2.24) is 9.88 Å². The smallest absolute Gasteiger partial charge is 0.255 e. The topological polar surface area (TPSA) is 65.5 Å². The van der Waals surface area contributed by atoms with E-state index in [0.29, 0.717) is 12.1 Å². The molecular formula is C20H21N3O2S. The lowest BCUT2D eigenvalue weighted by Gasteiger charge is -2.30. The van der Waals surface area contributed by atoms with E-state index in [1.165, 1.54) is 0 Å². The van der Waals surface area contributed by atoms with Crippen LogP contribution in [0.15, 0.2) is 48.0 Å². The fourth-order valence-corrected chi connectivity index (χ4v) is 4.10. The van der Waals surface area contributed by atoms with Crippen LogP contribution in [0.1, 0.15) is 28.8 Å². The van der Waals surface area contributed by atoms with E-state index in [2.05, 4.69) is 15.2 Å². The van der Waals surface area contributed by atoms with Crippen LogP contribution >= 0.6 is 11.3 Å². The van der Waals surface area contributed by atoms with Crippen LogP contribution in [0, 0.1) is 0 Å². The summed E-state index contributed by atoms with van der Waals surface area (Å²) in [6, 6.07) is 13.4. The fourth-order valence-electron chi connectivity index (χ4n) is 3.38. The molecule has 3 aromatic rings. The minimum Gasteiger partial charge on any atom is -0.392 e. The van der Waals surface area contributed by atoms with E-state index in [1.54, 1.807) is 16.8 Å². The average molecular weight is 367 g/mol. The van der Waals surface area contributed by atoms with Crippen molar-refractivity contribution in [3.05, 3.63) is 59.1 Å². The molecular weight excluding hydrogens is 346 g/mol. The first-order valence-electron chi connectivity index (χ1n) is 8.81. The Morgan fingerprint density at radius 3 is 3.12 bits per heavy atom. The van der Waals surface area contributed by atoms with Crippen molar-refractivity contribution in [1.29, 1.82) is 0 Å². The molecule has 1 fully saturated rings. The molecule has 4 rings (SSSR count). The maximum atomic E-state index is 12.6. The summed E-state index contributed by atoms with van der Waals surface area (Å²) in [7, 11) is 0. The number of aromatic nitrogens is 1. The highest BCUT2D eigenvalue weighted by Crippen LogP contribution is 2.22. The van der Waals surface area contributed by atoms with Crippen molar-refractivity contribution in [2.75, 3.05) is 18.4 Å². The number of amides is 1. The number of β-amino-alcohol motifs (C(OH)–C–C–N with tert-alkyl or cyclic N) is 1. The average Bonchev–Trinajstić information content (AvgIpc) is 3.10. The van der Waals surface area contributed by atoms with Crippen molar-refractivity contribution in [2.45, 2.75) is 25.5 Å². The molecule has 0 radical (unpaired) electrons. The quantitative estimate of drug-likeness (QED) is 0.741. The largest absolute Gasteiger partial charge is 0.392 e. The van der Waals surface area contributed by atoms with Crippen LogP contribution < -0.4 is 5.32 Å². The Hall–Kier alpha value is -2.28. The number of aliphatic hydroxyl groups excluding tert-OH is 1. The maximum Gasteiger partial charge on any atom is 0.255 e. The molecule has 26 heavy (non-hydrogen) atoms. The van der Waals surface area contributed by atoms with Gasteiger partial charge >= 0.3 is 0 Å². The first kappa shape index (κ1) is 17.1. The van der Waals surface area contributed by atoms with Crippen molar-refractivity contribution in [3.8, 4) is 0 Å². The van der Waals surface area contributed by atoms with Gasteiger partial charge in [-0.2, -0.15) is 0 Å². The lowest BCUT2D eigenvalue weighted by atomic mass is 10.1. The van der Waals surface area contributed by atoms with E-state index in [9.17, 15) is 9.90 Å². The van der Waals surface area contributed by atoms with Crippen LogP contribution in [0.25, 0.3) is 10.2 Å². The number of anilines is 1. The molecule has 0 saturated carbocycles.